The molecule has 0 saturated carbocycles. The summed E-state index contributed by atoms with van der Waals surface area (Å²) in [5, 5.41) is 32.6. The molecule has 31 heavy (non-hydrogen) atoms. The number of aromatic nitrogens is 4. The van der Waals surface area contributed by atoms with E-state index in [2.05, 4.69) is 15.5 Å². The Morgan fingerprint density at radius 2 is 2.06 bits per heavy atom. The van der Waals surface area contributed by atoms with Crippen LogP contribution in [0.3, 0.4) is 0 Å². The number of rotatable bonds is 7. The highest BCUT2D eigenvalue weighted by Crippen LogP contribution is 2.32. The van der Waals surface area contributed by atoms with E-state index in [1.54, 1.807) is 21.3 Å². The third kappa shape index (κ3) is 6.41. The predicted octanol–water partition coefficient (Wildman–Crippen LogP) is 2.37. The Morgan fingerprint density at radius 1 is 1.32 bits per heavy atom. The van der Waals surface area contributed by atoms with Gasteiger partial charge in [0.05, 0.1) is 18.4 Å². The number of hydrogen-bond acceptors (Lipinski definition) is 8. The standard InChI is InChI=1S/C21H31N5O4S/c1-21(2,3)30-20(29)25-11-9-15(17(13-25)18(28)14-27)10-12-31-19-22-23-24-26(19)16-7-5-4-6-8-16/h4-8,15,17-18,27-28H,9-14H2,1-3H3/t15-,17-,18?/m0/s1. The van der Waals surface area contributed by atoms with Crippen LogP contribution in [-0.2, 0) is 4.74 Å². The summed E-state index contributed by atoms with van der Waals surface area (Å²) < 4.78 is 7.18. The van der Waals surface area contributed by atoms with E-state index in [0.29, 0.717) is 18.2 Å². The number of para-hydroxylation sites is 1. The van der Waals surface area contributed by atoms with Crippen molar-refractivity contribution >= 4 is 17.9 Å². The fourth-order valence-electron chi connectivity index (χ4n) is 3.75. The smallest absolute Gasteiger partial charge is 0.410 e. The number of piperidine rings is 1. The van der Waals surface area contributed by atoms with Crippen LogP contribution in [0.25, 0.3) is 5.69 Å². The summed E-state index contributed by atoms with van der Waals surface area (Å²) in [6.07, 6.45) is 0.300. The first-order valence-electron chi connectivity index (χ1n) is 10.5. The molecule has 2 heterocycles. The largest absolute Gasteiger partial charge is 0.444 e. The lowest BCUT2D eigenvalue weighted by Gasteiger charge is -2.40. The van der Waals surface area contributed by atoms with Crippen molar-refractivity contribution in [2.24, 2.45) is 11.8 Å². The van der Waals surface area contributed by atoms with Crippen LogP contribution in [0.5, 0.6) is 0 Å². The van der Waals surface area contributed by atoms with E-state index >= 15 is 0 Å². The Morgan fingerprint density at radius 3 is 2.74 bits per heavy atom. The van der Waals surface area contributed by atoms with E-state index in [1.807, 2.05) is 51.1 Å². The summed E-state index contributed by atoms with van der Waals surface area (Å²) in [4.78, 5) is 14.1. The number of aliphatic hydroxyl groups is 2. The summed E-state index contributed by atoms with van der Waals surface area (Å²) in [6, 6.07) is 9.70. The lowest BCUT2D eigenvalue weighted by atomic mass is 9.80. The first kappa shape index (κ1) is 23.5. The van der Waals surface area contributed by atoms with Crippen molar-refractivity contribution in [2.75, 3.05) is 25.4 Å². The highest BCUT2D eigenvalue weighted by Gasteiger charge is 2.36. The second-order valence-electron chi connectivity index (χ2n) is 8.73. The molecule has 1 unspecified atom stereocenters. The van der Waals surface area contributed by atoms with E-state index in [4.69, 9.17) is 4.74 Å². The Balaban J connectivity index is 1.59. The van der Waals surface area contributed by atoms with Gasteiger partial charge in [0.2, 0.25) is 5.16 Å². The fraction of sp³-hybridized carbons (Fsp3) is 0.619. The van der Waals surface area contributed by atoms with E-state index in [-0.39, 0.29) is 24.5 Å². The van der Waals surface area contributed by atoms with Gasteiger partial charge in [0.25, 0.3) is 0 Å². The maximum Gasteiger partial charge on any atom is 0.410 e. The van der Waals surface area contributed by atoms with Gasteiger partial charge in [0.1, 0.15) is 5.60 Å². The molecule has 1 amide bonds. The molecule has 9 nitrogen and oxygen atoms in total. The van der Waals surface area contributed by atoms with Gasteiger partial charge in [-0.2, -0.15) is 4.68 Å². The van der Waals surface area contributed by atoms with Gasteiger partial charge in [0.15, 0.2) is 0 Å². The Labute approximate surface area is 186 Å². The topological polar surface area (TPSA) is 114 Å². The number of thioether (sulfide) groups is 1. The van der Waals surface area contributed by atoms with Gasteiger partial charge in [-0.3, -0.25) is 0 Å². The lowest BCUT2D eigenvalue weighted by Crippen LogP contribution is -2.50. The van der Waals surface area contributed by atoms with Gasteiger partial charge in [0, 0.05) is 24.8 Å². The average Bonchev–Trinajstić information content (AvgIpc) is 3.21. The molecule has 170 valence electrons. The maximum absolute atomic E-state index is 12.4. The zero-order valence-corrected chi connectivity index (χ0v) is 19.0. The lowest BCUT2D eigenvalue weighted by molar-refractivity contribution is -0.0293. The molecule has 1 aromatic carbocycles. The van der Waals surface area contributed by atoms with Crippen molar-refractivity contribution in [2.45, 2.75) is 50.5 Å². The summed E-state index contributed by atoms with van der Waals surface area (Å²) in [5.41, 5.74) is 0.326. The van der Waals surface area contributed by atoms with Gasteiger partial charge >= 0.3 is 6.09 Å². The van der Waals surface area contributed by atoms with Crippen molar-refractivity contribution in [3.63, 3.8) is 0 Å². The first-order valence-corrected chi connectivity index (χ1v) is 11.5. The normalized spacial score (nSPS) is 20.5. The monoisotopic (exact) mass is 449 g/mol. The van der Waals surface area contributed by atoms with Crippen LogP contribution in [-0.4, -0.2) is 78.6 Å². The van der Waals surface area contributed by atoms with Gasteiger partial charge in [-0.15, -0.1) is 5.10 Å². The summed E-state index contributed by atoms with van der Waals surface area (Å²) >= 11 is 1.56. The second kappa shape index (κ2) is 10.4. The number of ether oxygens (including phenoxy) is 1. The molecule has 10 heteroatoms. The molecule has 0 bridgehead atoms. The fourth-order valence-corrected chi connectivity index (χ4v) is 4.72. The van der Waals surface area contributed by atoms with Crippen molar-refractivity contribution in [1.29, 1.82) is 0 Å². The molecule has 3 rings (SSSR count). The minimum absolute atomic E-state index is 0.175. The third-order valence-corrected chi connectivity index (χ3v) is 6.25. The quantitative estimate of drug-likeness (QED) is 0.620. The minimum atomic E-state index is -0.880. The Bertz CT molecular complexity index is 842. The number of carbonyl (C=O) groups is 1. The summed E-state index contributed by atoms with van der Waals surface area (Å²) in [5.74, 6) is 0.727. The molecule has 1 saturated heterocycles. The zero-order chi connectivity index (χ0) is 22.4. The van der Waals surface area contributed by atoms with E-state index in [0.717, 1.165) is 24.3 Å². The van der Waals surface area contributed by atoms with Crippen LogP contribution >= 0.6 is 11.8 Å². The minimum Gasteiger partial charge on any atom is -0.444 e. The average molecular weight is 450 g/mol. The Hall–Kier alpha value is -2.17. The van der Waals surface area contributed by atoms with Gasteiger partial charge in [-0.05, 0) is 62.1 Å². The molecule has 2 aromatic rings. The van der Waals surface area contributed by atoms with E-state index in [1.165, 1.54) is 0 Å². The Kier molecular flexibility index (Phi) is 7.90. The summed E-state index contributed by atoms with van der Waals surface area (Å²) in [6.45, 7) is 6.10. The number of likely N-dealkylation sites (tertiary alicyclic amines) is 1. The van der Waals surface area contributed by atoms with Crippen molar-refractivity contribution in [3.8, 4) is 5.69 Å². The highest BCUT2D eigenvalue weighted by atomic mass is 32.2. The van der Waals surface area contributed by atoms with Gasteiger partial charge in [-0.1, -0.05) is 30.0 Å². The second-order valence-corrected chi connectivity index (χ2v) is 9.80. The third-order valence-electron chi connectivity index (χ3n) is 5.30. The van der Waals surface area contributed by atoms with Gasteiger partial charge in [-0.25, -0.2) is 4.79 Å². The molecular weight excluding hydrogens is 418 g/mol. The number of nitrogens with zero attached hydrogens (tertiary/aromatic N) is 5. The number of carbonyl (C=O) groups excluding carboxylic acids is 1. The molecule has 0 spiro atoms. The maximum atomic E-state index is 12.4. The number of amides is 1. The predicted molar refractivity (Wildman–Crippen MR) is 117 cm³/mol. The first-order chi connectivity index (χ1) is 14.8. The van der Waals surface area contributed by atoms with Crippen molar-refractivity contribution in [1.82, 2.24) is 25.1 Å². The summed E-state index contributed by atoms with van der Waals surface area (Å²) in [7, 11) is 0. The van der Waals surface area contributed by atoms with E-state index in [9.17, 15) is 15.0 Å². The zero-order valence-electron chi connectivity index (χ0n) is 18.2. The molecule has 1 aliphatic rings. The molecule has 1 aliphatic heterocycles. The molecule has 3 atom stereocenters. The highest BCUT2D eigenvalue weighted by molar-refractivity contribution is 7.99. The molecule has 1 fully saturated rings. The van der Waals surface area contributed by atoms with Crippen LogP contribution in [0, 0.1) is 11.8 Å². The van der Waals surface area contributed by atoms with Crippen LogP contribution < -0.4 is 0 Å². The van der Waals surface area contributed by atoms with Crippen molar-refractivity contribution in [3.05, 3.63) is 30.3 Å². The molecule has 0 aliphatic carbocycles. The SMILES string of the molecule is CC(C)(C)OC(=O)N1CC[C@@H](CCSc2nnnn2-c2ccccc2)[C@@H](C(O)CO)C1. The van der Waals surface area contributed by atoms with E-state index < -0.39 is 11.7 Å². The number of tetrazole rings is 1. The van der Waals surface area contributed by atoms with Crippen molar-refractivity contribution < 1.29 is 19.7 Å². The van der Waals surface area contributed by atoms with Crippen LogP contribution in [0.2, 0.25) is 0 Å². The number of hydrogen-bond donors (Lipinski definition) is 2. The van der Waals surface area contributed by atoms with Crippen LogP contribution in [0.4, 0.5) is 4.79 Å². The van der Waals surface area contributed by atoms with Crippen LogP contribution in [0.15, 0.2) is 35.5 Å². The molecule has 1 aromatic heterocycles. The molecule has 2 N–H and O–H groups in total. The number of benzene rings is 1. The molecular formula is C21H31N5O4S. The van der Waals surface area contributed by atoms with Crippen LogP contribution in [0.1, 0.15) is 33.6 Å². The van der Waals surface area contributed by atoms with Gasteiger partial charge < -0.3 is 19.8 Å². The number of aliphatic hydroxyl groups excluding tert-OH is 2. The molecule has 0 radical (unpaired) electrons.